The highest BCUT2D eigenvalue weighted by molar-refractivity contribution is 5.86. The van der Waals surface area contributed by atoms with Gasteiger partial charge in [0.15, 0.2) is 5.65 Å². The first-order valence-corrected chi connectivity index (χ1v) is 8.69. The summed E-state index contributed by atoms with van der Waals surface area (Å²) in [5, 5.41) is 11.8. The first-order chi connectivity index (χ1) is 12.5. The molecule has 1 fully saturated rings. The highest BCUT2D eigenvalue weighted by atomic mass is 19.1. The molecule has 4 rings (SSSR count). The summed E-state index contributed by atoms with van der Waals surface area (Å²) in [5.41, 5.74) is 1.30. The van der Waals surface area contributed by atoms with Crippen LogP contribution < -0.4 is 5.56 Å². The largest absolute Gasteiger partial charge is 0.477 e. The molecule has 2 N–H and O–H groups in total. The van der Waals surface area contributed by atoms with Gasteiger partial charge in [-0.05, 0) is 30.9 Å². The Morgan fingerprint density at radius 1 is 1.23 bits per heavy atom. The minimum Gasteiger partial charge on any atom is -0.477 e. The number of carboxylic acid groups (broad SMARTS) is 1. The second-order valence-corrected chi connectivity index (χ2v) is 6.69. The van der Waals surface area contributed by atoms with Gasteiger partial charge in [-0.15, -0.1) is 0 Å². The van der Waals surface area contributed by atoms with Crippen LogP contribution in [-0.2, 0) is 0 Å². The summed E-state index contributed by atoms with van der Waals surface area (Å²) in [6, 6.07) is 7.32. The number of hydrogen-bond donors (Lipinski definition) is 2. The van der Waals surface area contributed by atoms with E-state index in [-0.39, 0.29) is 22.8 Å². The molecule has 0 atom stereocenters. The van der Waals surface area contributed by atoms with Crippen LogP contribution in [-0.4, -0.2) is 25.7 Å². The van der Waals surface area contributed by atoms with Crippen LogP contribution in [0.2, 0.25) is 0 Å². The molecule has 0 bridgehead atoms. The number of fused-ring (bicyclic) bond motifs is 1. The second kappa shape index (κ2) is 6.40. The molecular formula is C19H18FN3O3. The van der Waals surface area contributed by atoms with Crippen LogP contribution in [0.5, 0.6) is 0 Å². The summed E-state index contributed by atoms with van der Waals surface area (Å²) in [4.78, 5) is 28.9. The van der Waals surface area contributed by atoms with Gasteiger partial charge in [-0.2, -0.15) is 0 Å². The molecule has 0 radical (unpaired) electrons. The van der Waals surface area contributed by atoms with Crippen LogP contribution in [0.15, 0.2) is 35.1 Å². The lowest BCUT2D eigenvalue weighted by Crippen LogP contribution is -2.25. The number of nitrogens with one attached hydrogen (secondary N) is 1. The van der Waals surface area contributed by atoms with Crippen LogP contribution in [0.25, 0.3) is 16.9 Å². The van der Waals surface area contributed by atoms with Crippen LogP contribution >= 0.6 is 0 Å². The Labute approximate surface area is 148 Å². The van der Waals surface area contributed by atoms with Crippen molar-refractivity contribution in [3.8, 4) is 11.3 Å². The third kappa shape index (κ3) is 2.79. The first kappa shape index (κ1) is 16.5. The number of nitrogens with zero attached hydrogens (tertiary/aromatic N) is 2. The Bertz CT molecular complexity index is 1050. The zero-order valence-corrected chi connectivity index (χ0v) is 14.0. The number of aromatic carboxylic acids is 1. The fraction of sp³-hybridized carbons (Fsp3) is 0.316. The number of rotatable bonds is 3. The van der Waals surface area contributed by atoms with Gasteiger partial charge in [-0.25, -0.2) is 18.7 Å². The number of hydrogen-bond acceptors (Lipinski definition) is 3. The van der Waals surface area contributed by atoms with Crippen molar-refractivity contribution in [2.45, 2.75) is 38.0 Å². The van der Waals surface area contributed by atoms with Crippen LogP contribution in [0.3, 0.4) is 0 Å². The predicted octanol–water partition coefficient (Wildman–Crippen LogP) is 3.57. The summed E-state index contributed by atoms with van der Waals surface area (Å²) in [7, 11) is 0. The van der Waals surface area contributed by atoms with Gasteiger partial charge in [0.1, 0.15) is 11.5 Å². The monoisotopic (exact) mass is 355 g/mol. The summed E-state index contributed by atoms with van der Waals surface area (Å²) in [5.74, 6) is -1.53. The molecule has 134 valence electrons. The van der Waals surface area contributed by atoms with E-state index in [1.807, 2.05) is 0 Å². The Morgan fingerprint density at radius 2 is 2.00 bits per heavy atom. The average Bonchev–Trinajstić information content (AvgIpc) is 3.07. The molecule has 1 aromatic carbocycles. The molecule has 2 aromatic heterocycles. The minimum atomic E-state index is -1.17. The highest BCUT2D eigenvalue weighted by Gasteiger charge is 2.26. The number of carboxylic acids is 1. The smallest absolute Gasteiger partial charge is 0.353 e. The maximum absolute atomic E-state index is 13.8. The maximum Gasteiger partial charge on any atom is 0.353 e. The number of aromatic amines is 1. The number of carbonyl (C=O) groups is 1. The summed E-state index contributed by atoms with van der Waals surface area (Å²) in [6.07, 6.45) is 4.94. The van der Waals surface area contributed by atoms with Crippen molar-refractivity contribution >= 4 is 11.6 Å². The van der Waals surface area contributed by atoms with Crippen LogP contribution in [0.1, 0.15) is 54.1 Å². The molecule has 1 aliphatic rings. The Kier molecular flexibility index (Phi) is 4.06. The van der Waals surface area contributed by atoms with Crippen molar-refractivity contribution in [1.29, 1.82) is 0 Å². The van der Waals surface area contributed by atoms with E-state index in [0.29, 0.717) is 16.8 Å². The highest BCUT2D eigenvalue weighted by Crippen LogP contribution is 2.35. The molecule has 0 aliphatic heterocycles. The van der Waals surface area contributed by atoms with Gasteiger partial charge in [0, 0.05) is 17.2 Å². The number of H-pyrrole nitrogens is 1. The molecule has 7 heteroatoms. The molecule has 6 nitrogen and oxygen atoms in total. The lowest BCUT2D eigenvalue weighted by atomic mass is 9.83. The molecular weight excluding hydrogens is 337 g/mol. The fourth-order valence-corrected chi connectivity index (χ4v) is 3.76. The molecule has 26 heavy (non-hydrogen) atoms. The van der Waals surface area contributed by atoms with Gasteiger partial charge < -0.3 is 5.11 Å². The van der Waals surface area contributed by atoms with E-state index in [9.17, 15) is 19.1 Å². The molecule has 0 amide bonds. The summed E-state index contributed by atoms with van der Waals surface area (Å²) < 4.78 is 14.9. The Morgan fingerprint density at radius 3 is 2.69 bits per heavy atom. The van der Waals surface area contributed by atoms with Crippen molar-refractivity contribution in [1.82, 2.24) is 14.6 Å². The van der Waals surface area contributed by atoms with Gasteiger partial charge in [0.05, 0.1) is 5.69 Å². The Balaban J connectivity index is 2.00. The van der Waals surface area contributed by atoms with Crippen molar-refractivity contribution < 1.29 is 14.3 Å². The zero-order valence-electron chi connectivity index (χ0n) is 14.0. The van der Waals surface area contributed by atoms with Gasteiger partial charge in [0.2, 0.25) is 0 Å². The third-order valence-corrected chi connectivity index (χ3v) is 4.99. The normalized spacial score (nSPS) is 15.4. The number of benzene rings is 1. The summed E-state index contributed by atoms with van der Waals surface area (Å²) in [6.45, 7) is 0. The predicted molar refractivity (Wildman–Crippen MR) is 94.0 cm³/mol. The molecule has 0 unspecified atom stereocenters. The van der Waals surface area contributed by atoms with E-state index in [2.05, 4.69) is 10.1 Å². The van der Waals surface area contributed by atoms with Crippen molar-refractivity contribution in [3.05, 3.63) is 57.8 Å². The zero-order chi connectivity index (χ0) is 18.3. The average molecular weight is 355 g/mol. The SMILES string of the molecule is O=C(O)c1cc2nc(-c3cccc(F)c3)c(C3CCCCC3)c(=O)n2[nH]1. The van der Waals surface area contributed by atoms with Crippen molar-refractivity contribution in [2.24, 2.45) is 0 Å². The number of halogens is 1. The van der Waals surface area contributed by atoms with E-state index in [1.54, 1.807) is 12.1 Å². The van der Waals surface area contributed by atoms with E-state index in [1.165, 1.54) is 22.7 Å². The molecule has 0 spiro atoms. The fourth-order valence-electron chi connectivity index (χ4n) is 3.76. The van der Waals surface area contributed by atoms with Crippen molar-refractivity contribution in [3.63, 3.8) is 0 Å². The quantitative estimate of drug-likeness (QED) is 0.752. The lowest BCUT2D eigenvalue weighted by Gasteiger charge is -2.23. The number of aromatic nitrogens is 3. The third-order valence-electron chi connectivity index (χ3n) is 4.99. The first-order valence-electron chi connectivity index (χ1n) is 8.69. The second-order valence-electron chi connectivity index (χ2n) is 6.69. The molecule has 2 heterocycles. The lowest BCUT2D eigenvalue weighted by molar-refractivity contribution is 0.0690. The Hall–Kier alpha value is -2.96. The van der Waals surface area contributed by atoms with Crippen LogP contribution in [0, 0.1) is 5.82 Å². The van der Waals surface area contributed by atoms with Gasteiger partial charge in [0.25, 0.3) is 5.56 Å². The van der Waals surface area contributed by atoms with E-state index in [0.717, 1.165) is 32.1 Å². The summed E-state index contributed by atoms with van der Waals surface area (Å²) >= 11 is 0. The topological polar surface area (TPSA) is 87.5 Å². The van der Waals surface area contributed by atoms with E-state index < -0.39 is 11.8 Å². The molecule has 0 saturated heterocycles. The van der Waals surface area contributed by atoms with E-state index >= 15 is 0 Å². The molecule has 1 aliphatic carbocycles. The van der Waals surface area contributed by atoms with Gasteiger partial charge >= 0.3 is 5.97 Å². The minimum absolute atomic E-state index is 0.0375. The maximum atomic E-state index is 13.8. The van der Waals surface area contributed by atoms with Gasteiger partial charge in [-0.3, -0.25) is 9.89 Å². The molecule has 3 aromatic rings. The van der Waals surface area contributed by atoms with Crippen molar-refractivity contribution in [2.75, 3.05) is 0 Å². The van der Waals surface area contributed by atoms with E-state index in [4.69, 9.17) is 0 Å². The standard InChI is InChI=1S/C19H18FN3O3/c20-13-8-4-7-12(9-13)17-16(11-5-2-1-3-6-11)18(24)23-15(21-17)10-14(22-23)19(25)26/h4,7-11,22H,1-3,5-6H2,(H,25,26). The van der Waals surface area contributed by atoms with Gasteiger partial charge in [-0.1, -0.05) is 31.4 Å². The molecule has 1 saturated carbocycles. The van der Waals surface area contributed by atoms with Crippen LogP contribution in [0.4, 0.5) is 4.39 Å².